The predicted molar refractivity (Wildman–Crippen MR) is 115 cm³/mol. The second-order valence-electron chi connectivity index (χ2n) is 7.25. The molecule has 17 heteroatoms. The van der Waals surface area contributed by atoms with Crippen LogP contribution in [0.2, 0.25) is 0 Å². The maximum Gasteiger partial charge on any atom is 0.382 e. The first-order valence-corrected chi connectivity index (χ1v) is 11.0. The number of nitrogens with two attached hydrogens (primary N) is 1. The quantitative estimate of drug-likeness (QED) is 0.0799. The third-order valence-corrected chi connectivity index (χ3v) is 5.62. The van der Waals surface area contributed by atoms with E-state index in [0.29, 0.717) is 5.56 Å². The van der Waals surface area contributed by atoms with E-state index in [1.165, 1.54) is 6.07 Å². The van der Waals surface area contributed by atoms with E-state index in [0.717, 1.165) is 10.8 Å². The van der Waals surface area contributed by atoms with Crippen molar-refractivity contribution >= 4 is 20.0 Å². The molecular formula is C18H20N7O9P. The lowest BCUT2D eigenvalue weighted by atomic mass is 10.1. The number of anilines is 1. The molecule has 0 saturated carbocycles. The first-order chi connectivity index (χ1) is 16.7. The molecule has 1 aliphatic rings. The third kappa shape index (κ3) is 6.16. The summed E-state index contributed by atoms with van der Waals surface area (Å²) in [6.45, 7) is -0.907. The molecule has 35 heavy (non-hydrogen) atoms. The summed E-state index contributed by atoms with van der Waals surface area (Å²) in [7, 11) is -3.03. The molecule has 1 fully saturated rings. The Morgan fingerprint density at radius 3 is 2.74 bits per heavy atom. The summed E-state index contributed by atoms with van der Waals surface area (Å²) < 4.78 is 14.4. The fraction of sp³-hybridized carbons (Fsp3) is 0.389. The largest absolute Gasteiger partial charge is 0.581 e. The molecule has 1 aromatic carbocycles. The number of hydrogen-bond donors (Lipinski definition) is 4. The number of carboxylic acids is 1. The number of benzene rings is 1. The number of rotatable bonds is 10. The van der Waals surface area contributed by atoms with E-state index in [1.807, 2.05) is 0 Å². The van der Waals surface area contributed by atoms with Crippen LogP contribution in [0, 0.1) is 0 Å². The Morgan fingerprint density at radius 2 is 2.11 bits per heavy atom. The summed E-state index contributed by atoms with van der Waals surface area (Å²) >= 11 is 0. The lowest BCUT2D eigenvalue weighted by Crippen LogP contribution is -2.45. The van der Waals surface area contributed by atoms with Crippen molar-refractivity contribution in [2.45, 2.75) is 36.6 Å². The monoisotopic (exact) mass is 509 g/mol. The van der Waals surface area contributed by atoms with Crippen molar-refractivity contribution in [2.75, 3.05) is 12.3 Å². The molecule has 0 radical (unpaired) electrons. The van der Waals surface area contributed by atoms with Gasteiger partial charge in [0.15, 0.2) is 12.3 Å². The van der Waals surface area contributed by atoms with Gasteiger partial charge in [-0.2, -0.15) is 9.87 Å². The van der Waals surface area contributed by atoms with Crippen LogP contribution in [0.25, 0.3) is 10.4 Å². The lowest BCUT2D eigenvalue weighted by Gasteiger charge is -2.24. The molecule has 0 bridgehead atoms. The first kappa shape index (κ1) is 26.2. The fourth-order valence-electron chi connectivity index (χ4n) is 3.22. The normalized spacial score (nSPS) is 25.1. The Balaban J connectivity index is 1.71. The highest BCUT2D eigenvalue weighted by Gasteiger charge is 2.56. The topological polar surface area (TPSA) is 251 Å². The van der Waals surface area contributed by atoms with Gasteiger partial charge in [-0.05, 0) is 17.2 Å². The van der Waals surface area contributed by atoms with Crippen LogP contribution in [0.15, 0.2) is 57.2 Å². The van der Waals surface area contributed by atoms with Crippen LogP contribution < -0.4 is 16.3 Å². The molecule has 1 saturated heterocycles. The van der Waals surface area contributed by atoms with Gasteiger partial charge in [-0.15, -0.1) is 0 Å². The molecule has 2 aromatic rings. The van der Waals surface area contributed by atoms with Crippen molar-refractivity contribution < 1.29 is 39.3 Å². The van der Waals surface area contributed by atoms with E-state index < -0.39 is 56.6 Å². The van der Waals surface area contributed by atoms with Gasteiger partial charge in [-0.25, -0.2) is 9.59 Å². The number of aliphatic hydroxyl groups is 2. The van der Waals surface area contributed by atoms with E-state index >= 15 is 0 Å². The second-order valence-corrected chi connectivity index (χ2v) is 8.11. The van der Waals surface area contributed by atoms with Crippen molar-refractivity contribution in [3.8, 4) is 0 Å². The summed E-state index contributed by atoms with van der Waals surface area (Å²) in [6.07, 6.45) is -4.18. The highest BCUT2D eigenvalue weighted by Crippen LogP contribution is 2.38. The zero-order valence-corrected chi connectivity index (χ0v) is 18.7. The zero-order valence-electron chi connectivity index (χ0n) is 17.8. The molecule has 2 heterocycles. The van der Waals surface area contributed by atoms with Crippen molar-refractivity contribution in [1.29, 1.82) is 0 Å². The molecule has 3 rings (SSSR count). The number of hydrogen-bond acceptors (Lipinski definition) is 12. The molecule has 6 atom stereocenters. The van der Waals surface area contributed by atoms with Gasteiger partial charge in [0.1, 0.15) is 24.6 Å². The molecule has 0 amide bonds. The Kier molecular flexibility index (Phi) is 8.45. The second kappa shape index (κ2) is 11.3. The van der Waals surface area contributed by atoms with Crippen molar-refractivity contribution in [1.82, 2.24) is 9.55 Å². The number of aromatic nitrogens is 2. The van der Waals surface area contributed by atoms with E-state index in [2.05, 4.69) is 24.4 Å². The summed E-state index contributed by atoms with van der Waals surface area (Å²) in [4.78, 5) is 46.5. The summed E-state index contributed by atoms with van der Waals surface area (Å²) in [5, 5.41) is 33.5. The van der Waals surface area contributed by atoms with E-state index in [-0.39, 0.29) is 12.2 Å². The van der Waals surface area contributed by atoms with Crippen LogP contribution in [0.5, 0.6) is 0 Å². The van der Waals surface area contributed by atoms with Crippen molar-refractivity contribution in [2.24, 2.45) is 9.86 Å². The van der Waals surface area contributed by atoms with Gasteiger partial charge in [0, 0.05) is 22.2 Å². The van der Waals surface area contributed by atoms with Gasteiger partial charge in [-0.1, -0.05) is 40.2 Å². The van der Waals surface area contributed by atoms with Crippen LogP contribution in [-0.2, 0) is 25.5 Å². The molecule has 5 N–H and O–H groups in total. The number of nitrogens with zero attached hydrogens (tertiary/aromatic N) is 6. The molecular weight excluding hydrogens is 489 g/mol. The van der Waals surface area contributed by atoms with Crippen LogP contribution in [0.3, 0.4) is 0 Å². The van der Waals surface area contributed by atoms with Crippen molar-refractivity contribution in [3.05, 3.63) is 69.1 Å². The van der Waals surface area contributed by atoms with Crippen LogP contribution in [-0.4, -0.2) is 61.4 Å². The average molecular weight is 509 g/mol. The smallest absolute Gasteiger partial charge is 0.382 e. The van der Waals surface area contributed by atoms with E-state index in [4.69, 9.17) is 20.9 Å². The first-order valence-electron chi connectivity index (χ1n) is 9.86. The number of carboxylic acid groups (broad SMARTS) is 1. The van der Waals surface area contributed by atoms with Gasteiger partial charge in [0.25, 0.3) is 0 Å². The van der Waals surface area contributed by atoms with Gasteiger partial charge in [-0.3, -0.25) is 4.57 Å². The lowest BCUT2D eigenvalue weighted by molar-refractivity contribution is -0.291. The number of aliphatic hydroxyl groups excluding tert-OH is 2. The summed E-state index contributed by atoms with van der Waals surface area (Å²) in [5.74, 6) is -1.45. The van der Waals surface area contributed by atoms with Crippen LogP contribution in [0.1, 0.15) is 11.8 Å². The number of azide groups is 1. The van der Waals surface area contributed by atoms with Crippen molar-refractivity contribution in [3.63, 3.8) is 0 Å². The summed E-state index contributed by atoms with van der Waals surface area (Å²) in [6, 6.07) is 8.30. The van der Waals surface area contributed by atoms with Gasteiger partial charge >= 0.3 is 19.8 Å². The number of ether oxygens (including phenoxy) is 1. The predicted octanol–water partition coefficient (Wildman–Crippen LogP) is -0.417. The van der Waals surface area contributed by atoms with Gasteiger partial charge in [0.2, 0.25) is 5.72 Å². The molecule has 1 aliphatic heterocycles. The standard InChI is InChI=1S/C18H20N7O9P/c19-12-6-7-25(17(30)21-12)15-13(26)14(27)18(33-15,23-24-20)9-32-34-35(31)22-11(16(28)29)8-10-4-2-1-3-5-10/h1-7,11,13-15,26-27H,8-9H2,(H,28,29)(H2,19,21,30)/t11-,13+,14-,15+,18+/m0/s1. The fourth-order valence-corrected chi connectivity index (χ4v) is 3.81. The van der Waals surface area contributed by atoms with E-state index in [9.17, 15) is 29.8 Å². The molecule has 0 spiro atoms. The minimum absolute atomic E-state index is 0.0661. The zero-order chi connectivity index (χ0) is 25.6. The van der Waals surface area contributed by atoms with Crippen LogP contribution in [0.4, 0.5) is 5.82 Å². The molecule has 1 unspecified atom stereocenters. The highest BCUT2D eigenvalue weighted by molar-refractivity contribution is 7.33. The molecule has 16 nitrogen and oxygen atoms in total. The van der Waals surface area contributed by atoms with E-state index in [1.54, 1.807) is 30.3 Å². The van der Waals surface area contributed by atoms with Crippen LogP contribution >= 0.6 is 8.17 Å². The SMILES string of the molecule is [N-]=[N+]=N[C@]1(COO[P+]([O-])=N[C@@H](Cc2ccccc2)C(=O)O)O[C@@H](n2ccc(N)nc2=O)[C@H](O)[C@@H]1O. The Hall–Kier alpha value is -3.46. The number of nitrogen functional groups attached to an aromatic ring is 1. The Bertz CT molecular complexity index is 1190. The third-order valence-electron chi connectivity index (χ3n) is 4.92. The molecule has 186 valence electrons. The number of carbonyl (C=O) groups is 1. The minimum atomic E-state index is -3.03. The summed E-state index contributed by atoms with van der Waals surface area (Å²) in [5.41, 5.74) is 11.7. The minimum Gasteiger partial charge on any atom is -0.581 e. The number of aliphatic carboxylic acids is 1. The van der Waals surface area contributed by atoms with Gasteiger partial charge in [0.05, 0.1) is 0 Å². The Labute approximate surface area is 197 Å². The maximum atomic E-state index is 12.1. The van der Waals surface area contributed by atoms with Gasteiger partial charge < -0.3 is 30.7 Å². The maximum absolute atomic E-state index is 12.1. The molecule has 0 aliphatic carbocycles. The average Bonchev–Trinajstić information content (AvgIpc) is 3.05. The Morgan fingerprint density at radius 1 is 1.40 bits per heavy atom. The highest BCUT2D eigenvalue weighted by atomic mass is 31.1. The molecule has 1 aromatic heterocycles.